The number of aryl methyl sites for hydroxylation is 1. The quantitative estimate of drug-likeness (QED) is 0.775. The Morgan fingerprint density at radius 2 is 2.07 bits per heavy atom. The van der Waals surface area contributed by atoms with E-state index in [0.29, 0.717) is 6.04 Å². The zero-order valence-electron chi connectivity index (χ0n) is 15.6. The molecule has 0 amide bonds. The zero-order chi connectivity index (χ0) is 18.1. The van der Waals surface area contributed by atoms with Crippen molar-refractivity contribution in [2.24, 2.45) is 0 Å². The molecule has 1 fully saturated rings. The van der Waals surface area contributed by atoms with Crippen LogP contribution in [0.5, 0.6) is 0 Å². The van der Waals surface area contributed by atoms with E-state index in [0.717, 1.165) is 63.6 Å². The monoisotopic (exact) mass is 362 g/mol. The van der Waals surface area contributed by atoms with Crippen molar-refractivity contribution >= 4 is 0 Å². The maximum atomic E-state index is 4.85. The van der Waals surface area contributed by atoms with Crippen molar-refractivity contribution in [3.8, 4) is 11.5 Å². The van der Waals surface area contributed by atoms with Gasteiger partial charge in [0.25, 0.3) is 0 Å². The number of nitrogens with one attached hydrogen (secondary N) is 1. The molecule has 0 bridgehead atoms. The van der Waals surface area contributed by atoms with Crippen molar-refractivity contribution in [3.05, 3.63) is 60.0 Å². The summed E-state index contributed by atoms with van der Waals surface area (Å²) in [5.41, 5.74) is 3.64. The molecule has 1 atom stereocenters. The maximum absolute atomic E-state index is 4.85. The van der Waals surface area contributed by atoms with Gasteiger partial charge in [-0.05, 0) is 31.0 Å². The van der Waals surface area contributed by atoms with Crippen LogP contribution < -0.4 is 5.32 Å². The van der Waals surface area contributed by atoms with Gasteiger partial charge in [0.05, 0.1) is 5.69 Å². The highest BCUT2D eigenvalue weighted by Crippen LogP contribution is 2.28. The highest BCUT2D eigenvalue weighted by Gasteiger charge is 2.26. The van der Waals surface area contributed by atoms with Crippen LogP contribution in [0.2, 0.25) is 0 Å². The standard InChI is InChI=1S/C21H26N6/c1-2-5-17(6-3-1)15-25-11-7-18(16-25)26-12-9-23-21(26)20-13-19-14-22-8-4-10-27(19)24-20/h1-3,5-6,9,12-13,18,22H,4,7-8,10-11,14-16H2/t18-/m0/s1. The zero-order valence-corrected chi connectivity index (χ0v) is 15.6. The highest BCUT2D eigenvalue weighted by molar-refractivity contribution is 5.50. The lowest BCUT2D eigenvalue weighted by Crippen LogP contribution is -2.21. The molecule has 1 N–H and O–H groups in total. The molecule has 3 aromatic rings. The van der Waals surface area contributed by atoms with Crippen LogP contribution in [0.15, 0.2) is 48.8 Å². The van der Waals surface area contributed by atoms with Crippen LogP contribution in [0.3, 0.4) is 0 Å². The third-order valence-electron chi connectivity index (χ3n) is 5.68. The first-order valence-electron chi connectivity index (χ1n) is 9.94. The molecule has 0 spiro atoms. The SMILES string of the molecule is c1ccc(CN2CC[C@H](n3ccnc3-c3cc4n(n3)CCCNC4)C2)cc1. The van der Waals surface area contributed by atoms with Crippen molar-refractivity contribution in [2.75, 3.05) is 19.6 Å². The Kier molecular flexibility index (Phi) is 4.51. The van der Waals surface area contributed by atoms with Crippen LogP contribution in [0.1, 0.15) is 30.1 Å². The number of aromatic nitrogens is 4. The van der Waals surface area contributed by atoms with Gasteiger partial charge in [-0.3, -0.25) is 9.58 Å². The first kappa shape index (κ1) is 16.7. The van der Waals surface area contributed by atoms with Crippen molar-refractivity contribution in [1.82, 2.24) is 29.5 Å². The Morgan fingerprint density at radius 3 is 3.00 bits per heavy atom. The first-order valence-corrected chi connectivity index (χ1v) is 9.94. The van der Waals surface area contributed by atoms with Gasteiger partial charge in [-0.15, -0.1) is 0 Å². The third kappa shape index (κ3) is 3.42. The van der Waals surface area contributed by atoms with Crippen LogP contribution in [0, 0.1) is 0 Å². The van der Waals surface area contributed by atoms with E-state index in [1.165, 1.54) is 11.3 Å². The Hall–Kier alpha value is -2.44. The normalized spacial score (nSPS) is 20.5. The second-order valence-electron chi connectivity index (χ2n) is 7.60. The number of nitrogens with zero attached hydrogens (tertiary/aromatic N) is 5. The summed E-state index contributed by atoms with van der Waals surface area (Å²) in [5, 5.41) is 8.32. The van der Waals surface area contributed by atoms with Gasteiger partial charge in [0.2, 0.25) is 0 Å². The van der Waals surface area contributed by atoms with Gasteiger partial charge in [0.1, 0.15) is 5.69 Å². The van der Waals surface area contributed by atoms with Gasteiger partial charge < -0.3 is 9.88 Å². The van der Waals surface area contributed by atoms with E-state index < -0.39 is 0 Å². The third-order valence-corrected chi connectivity index (χ3v) is 5.68. The molecule has 0 radical (unpaired) electrons. The van der Waals surface area contributed by atoms with Crippen LogP contribution in [-0.4, -0.2) is 43.9 Å². The van der Waals surface area contributed by atoms with Crippen LogP contribution in [-0.2, 0) is 19.6 Å². The molecule has 1 aromatic carbocycles. The summed E-state index contributed by atoms with van der Waals surface area (Å²) >= 11 is 0. The molecule has 0 saturated carbocycles. The molecule has 27 heavy (non-hydrogen) atoms. The van der Waals surface area contributed by atoms with Crippen molar-refractivity contribution in [2.45, 2.75) is 38.5 Å². The summed E-state index contributed by atoms with van der Waals surface area (Å²) in [7, 11) is 0. The van der Waals surface area contributed by atoms with Crippen molar-refractivity contribution in [1.29, 1.82) is 0 Å². The Labute approximate surface area is 159 Å². The van der Waals surface area contributed by atoms with E-state index >= 15 is 0 Å². The molecule has 6 nitrogen and oxygen atoms in total. The Balaban J connectivity index is 1.33. The molecule has 0 unspecified atom stereocenters. The summed E-state index contributed by atoms with van der Waals surface area (Å²) < 4.78 is 4.48. The first-order chi connectivity index (χ1) is 13.4. The lowest BCUT2D eigenvalue weighted by Gasteiger charge is -2.17. The second-order valence-corrected chi connectivity index (χ2v) is 7.60. The van der Waals surface area contributed by atoms with E-state index in [1.807, 2.05) is 6.20 Å². The lowest BCUT2D eigenvalue weighted by molar-refractivity contribution is 0.316. The summed E-state index contributed by atoms with van der Waals surface area (Å²) in [4.78, 5) is 7.19. The minimum absolute atomic E-state index is 0.464. The van der Waals surface area contributed by atoms with Gasteiger partial charge in [0, 0.05) is 51.2 Å². The minimum atomic E-state index is 0.464. The average molecular weight is 362 g/mol. The summed E-state index contributed by atoms with van der Waals surface area (Å²) in [6.07, 6.45) is 6.32. The molecule has 2 aliphatic rings. The number of rotatable bonds is 4. The molecule has 2 aliphatic heterocycles. The summed E-state index contributed by atoms with van der Waals surface area (Å²) in [5.74, 6) is 1.00. The predicted molar refractivity (Wildman–Crippen MR) is 105 cm³/mol. The molecule has 1 saturated heterocycles. The fraction of sp³-hybridized carbons (Fsp3) is 0.429. The number of hydrogen-bond acceptors (Lipinski definition) is 4. The van der Waals surface area contributed by atoms with E-state index in [1.54, 1.807) is 0 Å². The lowest BCUT2D eigenvalue weighted by atomic mass is 10.2. The summed E-state index contributed by atoms with van der Waals surface area (Å²) in [6.45, 7) is 6.14. The van der Waals surface area contributed by atoms with Crippen molar-refractivity contribution in [3.63, 3.8) is 0 Å². The molecule has 5 rings (SSSR count). The van der Waals surface area contributed by atoms with Crippen LogP contribution in [0.4, 0.5) is 0 Å². The molecular formula is C21H26N6. The van der Waals surface area contributed by atoms with Crippen LogP contribution in [0.25, 0.3) is 11.5 Å². The number of fused-ring (bicyclic) bond motifs is 1. The van der Waals surface area contributed by atoms with Gasteiger partial charge in [-0.1, -0.05) is 30.3 Å². The Morgan fingerprint density at radius 1 is 1.15 bits per heavy atom. The Bertz CT molecular complexity index is 873. The number of imidazole rings is 1. The topological polar surface area (TPSA) is 50.9 Å². The molecule has 2 aromatic heterocycles. The molecular weight excluding hydrogens is 336 g/mol. The number of hydrogen-bond donors (Lipinski definition) is 1. The molecule has 140 valence electrons. The largest absolute Gasteiger partial charge is 0.325 e. The smallest absolute Gasteiger partial charge is 0.160 e. The number of benzene rings is 1. The van der Waals surface area contributed by atoms with Gasteiger partial charge in [0.15, 0.2) is 5.82 Å². The molecule has 0 aliphatic carbocycles. The van der Waals surface area contributed by atoms with Crippen LogP contribution >= 0.6 is 0 Å². The van der Waals surface area contributed by atoms with Crippen molar-refractivity contribution < 1.29 is 0 Å². The molecule has 4 heterocycles. The second kappa shape index (κ2) is 7.29. The minimum Gasteiger partial charge on any atom is -0.325 e. The molecule has 6 heteroatoms. The van der Waals surface area contributed by atoms with Gasteiger partial charge >= 0.3 is 0 Å². The summed E-state index contributed by atoms with van der Waals surface area (Å²) in [6, 6.07) is 13.4. The van der Waals surface area contributed by atoms with Gasteiger partial charge in [-0.25, -0.2) is 4.98 Å². The van der Waals surface area contributed by atoms with E-state index in [9.17, 15) is 0 Å². The fourth-order valence-corrected chi connectivity index (χ4v) is 4.30. The van der Waals surface area contributed by atoms with E-state index in [4.69, 9.17) is 5.10 Å². The predicted octanol–water partition coefficient (Wildman–Crippen LogP) is 2.69. The van der Waals surface area contributed by atoms with E-state index in [2.05, 4.69) is 67.0 Å². The maximum Gasteiger partial charge on any atom is 0.160 e. The highest BCUT2D eigenvalue weighted by atomic mass is 15.3. The number of likely N-dealkylation sites (tertiary alicyclic amines) is 1. The fourth-order valence-electron chi connectivity index (χ4n) is 4.30. The average Bonchev–Trinajstić information content (AvgIpc) is 3.40. The van der Waals surface area contributed by atoms with Gasteiger partial charge in [-0.2, -0.15) is 5.10 Å². The van der Waals surface area contributed by atoms with E-state index in [-0.39, 0.29) is 0 Å².